The lowest BCUT2D eigenvalue weighted by Crippen LogP contribution is -2.40. The first-order chi connectivity index (χ1) is 9.27. The number of carbonyl (C=O) groups is 1. The molecule has 3 fully saturated rings. The van der Waals surface area contributed by atoms with Gasteiger partial charge in [-0.2, -0.15) is 0 Å². The molecular weight excluding hydrogens is 272 g/mol. The molecule has 0 aromatic carbocycles. The Balaban J connectivity index is 0.00000147. The van der Waals surface area contributed by atoms with Gasteiger partial charge in [0.25, 0.3) is 0 Å². The molecule has 0 atom stereocenters. The number of rotatable bonds is 2. The van der Waals surface area contributed by atoms with Crippen LogP contribution in [0.1, 0.15) is 57.8 Å². The van der Waals surface area contributed by atoms with Crippen LogP contribution < -0.4 is 5.32 Å². The largest absolute Gasteiger partial charge is 0.343 e. The minimum atomic E-state index is 0. The van der Waals surface area contributed by atoms with Gasteiger partial charge in [0.1, 0.15) is 0 Å². The van der Waals surface area contributed by atoms with E-state index in [9.17, 15) is 4.79 Å². The maximum atomic E-state index is 12.2. The smallest absolute Gasteiger partial charge is 0.222 e. The summed E-state index contributed by atoms with van der Waals surface area (Å²) in [7, 11) is 0. The molecule has 1 N–H and O–H groups in total. The third-order valence-electron chi connectivity index (χ3n) is 5.75. The molecule has 1 spiro atoms. The van der Waals surface area contributed by atoms with Gasteiger partial charge >= 0.3 is 0 Å². The molecule has 3 rings (SSSR count). The van der Waals surface area contributed by atoms with Crippen molar-refractivity contribution in [2.45, 2.75) is 57.8 Å². The third-order valence-corrected chi connectivity index (χ3v) is 5.75. The normalized spacial score (nSPS) is 26.5. The minimum Gasteiger partial charge on any atom is -0.343 e. The molecule has 20 heavy (non-hydrogen) atoms. The average Bonchev–Trinajstić information content (AvgIpc) is 2.97. The summed E-state index contributed by atoms with van der Waals surface area (Å²) < 4.78 is 0. The van der Waals surface area contributed by atoms with Crippen LogP contribution in [0.2, 0.25) is 0 Å². The van der Waals surface area contributed by atoms with Crippen molar-refractivity contribution in [3.05, 3.63) is 0 Å². The average molecular weight is 301 g/mol. The molecule has 3 nitrogen and oxygen atoms in total. The van der Waals surface area contributed by atoms with Crippen LogP contribution in [0.25, 0.3) is 0 Å². The van der Waals surface area contributed by atoms with Crippen molar-refractivity contribution < 1.29 is 4.79 Å². The number of carbonyl (C=O) groups excluding carboxylic acids is 1. The van der Waals surface area contributed by atoms with Gasteiger partial charge in [0.2, 0.25) is 5.91 Å². The van der Waals surface area contributed by atoms with Gasteiger partial charge in [-0.05, 0) is 75.8 Å². The Bertz CT molecular complexity index is 312. The van der Waals surface area contributed by atoms with E-state index >= 15 is 0 Å². The van der Waals surface area contributed by atoms with Gasteiger partial charge in [-0.15, -0.1) is 12.4 Å². The number of likely N-dealkylation sites (tertiary alicyclic amines) is 1. The number of nitrogens with one attached hydrogen (secondary N) is 1. The quantitative estimate of drug-likeness (QED) is 0.850. The van der Waals surface area contributed by atoms with Gasteiger partial charge in [0, 0.05) is 19.5 Å². The van der Waals surface area contributed by atoms with Gasteiger partial charge in [0.15, 0.2) is 0 Å². The summed E-state index contributed by atoms with van der Waals surface area (Å²) in [6, 6.07) is 0. The molecule has 3 aliphatic rings. The van der Waals surface area contributed by atoms with Crippen molar-refractivity contribution in [2.24, 2.45) is 11.3 Å². The zero-order valence-corrected chi connectivity index (χ0v) is 13.3. The van der Waals surface area contributed by atoms with Gasteiger partial charge in [0.05, 0.1) is 0 Å². The van der Waals surface area contributed by atoms with E-state index in [1.807, 2.05) is 0 Å². The number of halogens is 1. The van der Waals surface area contributed by atoms with Crippen molar-refractivity contribution in [1.82, 2.24) is 10.2 Å². The molecule has 116 valence electrons. The lowest BCUT2D eigenvalue weighted by Gasteiger charge is -2.43. The Hall–Kier alpha value is -0.280. The van der Waals surface area contributed by atoms with Crippen LogP contribution in [0, 0.1) is 11.3 Å². The highest BCUT2D eigenvalue weighted by Gasteiger charge is 2.36. The lowest BCUT2D eigenvalue weighted by molar-refractivity contribution is -0.131. The molecule has 1 saturated carbocycles. The van der Waals surface area contributed by atoms with E-state index in [1.54, 1.807) is 0 Å². The topological polar surface area (TPSA) is 32.3 Å². The predicted molar refractivity (Wildman–Crippen MR) is 84.2 cm³/mol. The van der Waals surface area contributed by atoms with E-state index in [2.05, 4.69) is 10.2 Å². The van der Waals surface area contributed by atoms with E-state index in [0.29, 0.717) is 17.2 Å². The van der Waals surface area contributed by atoms with Crippen LogP contribution in [-0.4, -0.2) is 37.0 Å². The standard InChI is InChI=1S/C16H28N2O.ClH/c19-15(18-11-1-2-12-18)13-14-3-5-16(6-4-14)7-9-17-10-8-16;/h14,17H,1-13H2;1H. The van der Waals surface area contributed by atoms with Crippen molar-refractivity contribution in [2.75, 3.05) is 26.2 Å². The molecule has 0 aromatic rings. The number of nitrogens with zero attached hydrogens (tertiary/aromatic N) is 1. The molecule has 0 unspecified atom stereocenters. The highest BCUT2D eigenvalue weighted by atomic mass is 35.5. The van der Waals surface area contributed by atoms with Crippen LogP contribution in [0.4, 0.5) is 0 Å². The Morgan fingerprint density at radius 2 is 1.65 bits per heavy atom. The summed E-state index contributed by atoms with van der Waals surface area (Å²) >= 11 is 0. The highest BCUT2D eigenvalue weighted by Crippen LogP contribution is 2.45. The van der Waals surface area contributed by atoms with Gasteiger partial charge in [-0.1, -0.05) is 0 Å². The maximum absolute atomic E-state index is 12.2. The van der Waals surface area contributed by atoms with Gasteiger partial charge in [-0.25, -0.2) is 0 Å². The second kappa shape index (κ2) is 7.13. The van der Waals surface area contributed by atoms with Crippen LogP contribution in [0.15, 0.2) is 0 Å². The molecule has 1 aliphatic carbocycles. The lowest BCUT2D eigenvalue weighted by atomic mass is 9.65. The fourth-order valence-electron chi connectivity index (χ4n) is 4.29. The molecule has 1 amide bonds. The fraction of sp³-hybridized carbons (Fsp3) is 0.938. The van der Waals surface area contributed by atoms with E-state index in [-0.39, 0.29) is 12.4 Å². The monoisotopic (exact) mass is 300 g/mol. The summed E-state index contributed by atoms with van der Waals surface area (Å²) in [6.07, 6.45) is 11.3. The molecule has 4 heteroatoms. The van der Waals surface area contributed by atoms with Crippen LogP contribution in [0.3, 0.4) is 0 Å². The Morgan fingerprint density at radius 3 is 2.25 bits per heavy atom. The Kier molecular flexibility index (Phi) is 5.74. The predicted octanol–water partition coefficient (Wildman–Crippen LogP) is 2.98. The van der Waals surface area contributed by atoms with Crippen molar-refractivity contribution in [1.29, 1.82) is 0 Å². The fourth-order valence-corrected chi connectivity index (χ4v) is 4.29. The zero-order chi connectivity index (χ0) is 13.1. The van der Waals surface area contributed by atoms with Crippen molar-refractivity contribution in [3.63, 3.8) is 0 Å². The van der Waals surface area contributed by atoms with E-state index < -0.39 is 0 Å². The zero-order valence-electron chi connectivity index (χ0n) is 12.5. The third kappa shape index (κ3) is 3.67. The second-order valence-electron chi connectivity index (χ2n) is 6.99. The molecule has 2 heterocycles. The molecule has 0 bridgehead atoms. The van der Waals surface area contributed by atoms with Gasteiger partial charge in [-0.3, -0.25) is 4.79 Å². The first-order valence-corrected chi connectivity index (χ1v) is 8.26. The number of hydrogen-bond acceptors (Lipinski definition) is 2. The number of piperidine rings is 1. The molecule has 2 saturated heterocycles. The Labute approximate surface area is 129 Å². The molecule has 0 radical (unpaired) electrons. The summed E-state index contributed by atoms with van der Waals surface area (Å²) in [5.74, 6) is 1.11. The van der Waals surface area contributed by atoms with Crippen molar-refractivity contribution >= 4 is 18.3 Å². The minimum absolute atomic E-state index is 0. The molecule has 2 aliphatic heterocycles. The summed E-state index contributed by atoms with van der Waals surface area (Å²) in [4.78, 5) is 14.3. The maximum Gasteiger partial charge on any atom is 0.222 e. The number of amides is 1. The van der Waals surface area contributed by atoms with E-state index in [4.69, 9.17) is 0 Å². The second-order valence-corrected chi connectivity index (χ2v) is 6.99. The van der Waals surface area contributed by atoms with Crippen LogP contribution >= 0.6 is 12.4 Å². The molecule has 0 aromatic heterocycles. The van der Waals surface area contributed by atoms with E-state index in [1.165, 1.54) is 64.5 Å². The Morgan fingerprint density at radius 1 is 1.05 bits per heavy atom. The highest BCUT2D eigenvalue weighted by molar-refractivity contribution is 5.85. The summed E-state index contributed by atoms with van der Waals surface area (Å²) in [6.45, 7) is 4.44. The first kappa shape index (κ1) is 16.1. The summed E-state index contributed by atoms with van der Waals surface area (Å²) in [5.41, 5.74) is 0.637. The SMILES string of the molecule is Cl.O=C(CC1CCC2(CCNCC2)CC1)N1CCCC1. The van der Waals surface area contributed by atoms with Crippen LogP contribution in [-0.2, 0) is 4.79 Å². The van der Waals surface area contributed by atoms with Crippen molar-refractivity contribution in [3.8, 4) is 0 Å². The van der Waals surface area contributed by atoms with Crippen LogP contribution in [0.5, 0.6) is 0 Å². The van der Waals surface area contributed by atoms with E-state index in [0.717, 1.165) is 19.5 Å². The molecular formula is C16H29ClN2O. The summed E-state index contributed by atoms with van der Waals surface area (Å²) in [5, 5.41) is 3.48. The first-order valence-electron chi connectivity index (χ1n) is 8.26. The number of hydrogen-bond donors (Lipinski definition) is 1. The van der Waals surface area contributed by atoms with Gasteiger partial charge < -0.3 is 10.2 Å².